The molecule has 0 aromatic rings. The maximum absolute atomic E-state index is 11.0. The molecule has 4 rings (SSSR count). The number of hydrogen-bond donors (Lipinski definition) is 2. The summed E-state index contributed by atoms with van der Waals surface area (Å²) >= 11 is 0. The second-order valence-corrected chi connectivity index (χ2v) is 11.2. The summed E-state index contributed by atoms with van der Waals surface area (Å²) < 4.78 is 0. The fraction of sp³-hybridized carbons (Fsp3) is 0.958. The van der Waals surface area contributed by atoms with Gasteiger partial charge in [0, 0.05) is 6.42 Å². The van der Waals surface area contributed by atoms with Crippen molar-refractivity contribution in [2.75, 3.05) is 0 Å². The highest BCUT2D eigenvalue weighted by molar-refractivity contribution is 5.66. The maximum Gasteiger partial charge on any atom is 0.303 e. The Morgan fingerprint density at radius 1 is 1.00 bits per heavy atom. The lowest BCUT2D eigenvalue weighted by Gasteiger charge is -2.61. The number of carboxylic acids is 1. The molecule has 0 aliphatic heterocycles. The van der Waals surface area contributed by atoms with Gasteiger partial charge >= 0.3 is 5.97 Å². The van der Waals surface area contributed by atoms with Crippen LogP contribution in [0.15, 0.2) is 0 Å². The van der Waals surface area contributed by atoms with Crippen LogP contribution in [-0.4, -0.2) is 22.3 Å². The van der Waals surface area contributed by atoms with Gasteiger partial charge in [-0.1, -0.05) is 20.8 Å². The first-order valence-corrected chi connectivity index (χ1v) is 11.7. The summed E-state index contributed by atoms with van der Waals surface area (Å²) in [6, 6.07) is 0. The lowest BCUT2D eigenvalue weighted by Crippen LogP contribution is -2.54. The third-order valence-electron chi connectivity index (χ3n) is 10.2. The number of hydrogen-bond acceptors (Lipinski definition) is 2. The quantitative estimate of drug-likeness (QED) is 0.680. The number of aliphatic hydroxyl groups excluding tert-OH is 1. The van der Waals surface area contributed by atoms with Crippen LogP contribution in [0, 0.1) is 46.3 Å². The number of aliphatic carboxylic acids is 1. The van der Waals surface area contributed by atoms with E-state index >= 15 is 0 Å². The van der Waals surface area contributed by atoms with Crippen LogP contribution in [0.4, 0.5) is 0 Å². The van der Waals surface area contributed by atoms with Gasteiger partial charge in [-0.2, -0.15) is 0 Å². The topological polar surface area (TPSA) is 57.5 Å². The Balaban J connectivity index is 1.51. The van der Waals surface area contributed by atoms with Crippen molar-refractivity contribution in [1.29, 1.82) is 0 Å². The fourth-order valence-corrected chi connectivity index (χ4v) is 8.76. The Kier molecular flexibility index (Phi) is 5.15. The molecule has 2 N–H and O–H groups in total. The highest BCUT2D eigenvalue weighted by Crippen LogP contribution is 2.68. The molecular weight excluding hydrogens is 336 g/mol. The number of carbonyl (C=O) groups is 1. The SMILES string of the molecule is CC(CCC(=O)O)[C@H]1CC[C@H]2[C@@H]3CC[C@@H]4C[C@@H](O)CC[C@]4(C)[C@H]3CC[C@]12C. The molecule has 9 atom stereocenters. The lowest BCUT2D eigenvalue weighted by atomic mass is 9.44. The van der Waals surface area contributed by atoms with Gasteiger partial charge in [0.15, 0.2) is 0 Å². The Morgan fingerprint density at radius 2 is 1.70 bits per heavy atom. The Hall–Kier alpha value is -0.570. The standard InChI is InChI=1S/C24H40O3/c1-15(4-9-22(26)27)19-7-8-20-18-6-5-16-14-17(25)10-12-23(16,2)21(18)11-13-24(19,20)3/h15-21,25H,4-14H2,1-3H3,(H,26,27)/t15?,16-,17+,18+,19-,20+,21+,23+,24-/m1/s1. The molecule has 4 aliphatic carbocycles. The van der Waals surface area contributed by atoms with E-state index in [9.17, 15) is 9.90 Å². The monoisotopic (exact) mass is 376 g/mol. The Morgan fingerprint density at radius 3 is 2.44 bits per heavy atom. The normalized spacial score (nSPS) is 50.4. The molecule has 0 radical (unpaired) electrons. The molecule has 0 amide bonds. The van der Waals surface area contributed by atoms with Crippen LogP contribution < -0.4 is 0 Å². The van der Waals surface area contributed by atoms with E-state index in [0.717, 1.165) is 42.9 Å². The summed E-state index contributed by atoms with van der Waals surface area (Å²) in [5, 5.41) is 19.3. The van der Waals surface area contributed by atoms with Gasteiger partial charge in [-0.3, -0.25) is 4.79 Å². The zero-order valence-corrected chi connectivity index (χ0v) is 17.6. The fourth-order valence-electron chi connectivity index (χ4n) is 8.76. The van der Waals surface area contributed by atoms with E-state index in [2.05, 4.69) is 20.8 Å². The molecule has 0 spiro atoms. The third-order valence-corrected chi connectivity index (χ3v) is 10.2. The van der Waals surface area contributed by atoms with E-state index in [1.54, 1.807) is 0 Å². The minimum atomic E-state index is -0.643. The van der Waals surface area contributed by atoms with Crippen LogP contribution in [0.2, 0.25) is 0 Å². The van der Waals surface area contributed by atoms with Crippen LogP contribution in [0.3, 0.4) is 0 Å². The van der Waals surface area contributed by atoms with Crippen molar-refractivity contribution in [2.45, 2.75) is 97.5 Å². The minimum Gasteiger partial charge on any atom is -0.481 e. The van der Waals surface area contributed by atoms with Crippen molar-refractivity contribution in [1.82, 2.24) is 0 Å². The number of carboxylic acid groups (broad SMARTS) is 1. The van der Waals surface area contributed by atoms with Gasteiger partial charge in [0.1, 0.15) is 0 Å². The predicted molar refractivity (Wildman–Crippen MR) is 107 cm³/mol. The average molecular weight is 377 g/mol. The summed E-state index contributed by atoms with van der Waals surface area (Å²) in [5.41, 5.74) is 0.882. The van der Waals surface area contributed by atoms with E-state index in [1.807, 2.05) is 0 Å². The zero-order chi connectivity index (χ0) is 19.4. The van der Waals surface area contributed by atoms with E-state index in [0.29, 0.717) is 29.1 Å². The minimum absolute atomic E-state index is 0.0561. The van der Waals surface area contributed by atoms with Crippen LogP contribution >= 0.6 is 0 Å². The maximum atomic E-state index is 11.0. The van der Waals surface area contributed by atoms with E-state index in [-0.39, 0.29) is 6.10 Å². The van der Waals surface area contributed by atoms with Crippen molar-refractivity contribution in [3.63, 3.8) is 0 Å². The molecule has 154 valence electrons. The number of aliphatic hydroxyl groups is 1. The van der Waals surface area contributed by atoms with Crippen molar-refractivity contribution >= 4 is 5.97 Å². The van der Waals surface area contributed by atoms with Crippen LogP contribution in [0.5, 0.6) is 0 Å². The molecule has 0 aromatic heterocycles. The molecule has 27 heavy (non-hydrogen) atoms. The Labute approximate surface area is 165 Å². The smallest absolute Gasteiger partial charge is 0.303 e. The number of rotatable bonds is 4. The molecule has 4 saturated carbocycles. The molecule has 0 saturated heterocycles. The molecule has 4 fully saturated rings. The van der Waals surface area contributed by atoms with Crippen molar-refractivity contribution < 1.29 is 15.0 Å². The Bertz CT molecular complexity index is 574. The highest BCUT2D eigenvalue weighted by Gasteiger charge is 2.60. The second-order valence-electron chi connectivity index (χ2n) is 11.2. The zero-order valence-electron chi connectivity index (χ0n) is 17.6. The third kappa shape index (κ3) is 3.16. The summed E-state index contributed by atoms with van der Waals surface area (Å²) in [4.78, 5) is 11.0. The largest absolute Gasteiger partial charge is 0.481 e. The second kappa shape index (κ2) is 7.04. The summed E-state index contributed by atoms with van der Waals surface area (Å²) in [5.74, 6) is 3.91. The van der Waals surface area contributed by atoms with Crippen molar-refractivity contribution in [3.05, 3.63) is 0 Å². The molecule has 0 heterocycles. The van der Waals surface area contributed by atoms with Crippen molar-refractivity contribution in [3.8, 4) is 0 Å². The van der Waals surface area contributed by atoms with Gasteiger partial charge < -0.3 is 10.2 Å². The molecule has 1 unspecified atom stereocenters. The van der Waals surface area contributed by atoms with Crippen LogP contribution in [0.1, 0.15) is 91.4 Å². The molecule has 0 bridgehead atoms. The molecule has 4 aliphatic rings. The van der Waals surface area contributed by atoms with Gasteiger partial charge in [0.25, 0.3) is 0 Å². The van der Waals surface area contributed by atoms with Gasteiger partial charge in [-0.05, 0) is 111 Å². The van der Waals surface area contributed by atoms with E-state index in [4.69, 9.17) is 5.11 Å². The number of fused-ring (bicyclic) bond motifs is 5. The molecule has 0 aromatic carbocycles. The summed E-state index contributed by atoms with van der Waals surface area (Å²) in [7, 11) is 0. The van der Waals surface area contributed by atoms with Gasteiger partial charge in [0.2, 0.25) is 0 Å². The van der Waals surface area contributed by atoms with Crippen molar-refractivity contribution in [2.24, 2.45) is 46.3 Å². The van der Waals surface area contributed by atoms with Gasteiger partial charge in [-0.15, -0.1) is 0 Å². The molecule has 3 nitrogen and oxygen atoms in total. The first-order valence-electron chi connectivity index (χ1n) is 11.7. The molecule has 3 heteroatoms. The van der Waals surface area contributed by atoms with Gasteiger partial charge in [0.05, 0.1) is 6.10 Å². The van der Waals surface area contributed by atoms with E-state index in [1.165, 1.54) is 44.9 Å². The van der Waals surface area contributed by atoms with E-state index < -0.39 is 5.97 Å². The first-order chi connectivity index (χ1) is 12.8. The van der Waals surface area contributed by atoms with Crippen LogP contribution in [-0.2, 0) is 4.79 Å². The van der Waals surface area contributed by atoms with Gasteiger partial charge in [-0.25, -0.2) is 0 Å². The highest BCUT2D eigenvalue weighted by atomic mass is 16.4. The summed E-state index contributed by atoms with van der Waals surface area (Å²) in [6.07, 6.45) is 12.4. The first kappa shape index (κ1) is 19.7. The predicted octanol–water partition coefficient (Wildman–Crippen LogP) is 5.51. The summed E-state index contributed by atoms with van der Waals surface area (Å²) in [6.45, 7) is 7.43. The van der Waals surface area contributed by atoms with Crippen LogP contribution in [0.25, 0.3) is 0 Å². The molecular formula is C24H40O3. The lowest BCUT2D eigenvalue weighted by molar-refractivity contribution is -0.138. The average Bonchev–Trinajstić information content (AvgIpc) is 2.97.